The quantitative estimate of drug-likeness (QED) is 0.595. The van der Waals surface area contributed by atoms with E-state index in [2.05, 4.69) is 4.98 Å². The summed E-state index contributed by atoms with van der Waals surface area (Å²) in [5, 5.41) is 0.588. The van der Waals surface area contributed by atoms with Gasteiger partial charge in [-0.05, 0) is 50.2 Å². The number of aryl methyl sites for hydroxylation is 1. The second-order valence-corrected chi connectivity index (χ2v) is 7.22. The molecule has 1 heterocycles. The van der Waals surface area contributed by atoms with Crippen molar-refractivity contribution in [3.8, 4) is 10.6 Å². The Labute approximate surface area is 166 Å². The van der Waals surface area contributed by atoms with E-state index in [4.69, 9.17) is 4.74 Å². The van der Waals surface area contributed by atoms with Crippen LogP contribution in [0.15, 0.2) is 54.6 Å². The zero-order valence-electron chi connectivity index (χ0n) is 15.7. The molecule has 3 aromatic rings. The lowest BCUT2D eigenvalue weighted by Gasteiger charge is -2.21. The van der Waals surface area contributed by atoms with Gasteiger partial charge in [-0.25, -0.2) is 14.2 Å². The second kappa shape index (κ2) is 8.31. The van der Waals surface area contributed by atoms with Gasteiger partial charge in [-0.3, -0.25) is 4.79 Å². The Morgan fingerprint density at radius 3 is 2.39 bits per heavy atom. The van der Waals surface area contributed by atoms with E-state index in [0.717, 1.165) is 11.3 Å². The highest BCUT2D eigenvalue weighted by molar-refractivity contribution is 7.17. The number of benzene rings is 2. The second-order valence-electron chi connectivity index (χ2n) is 6.22. The number of hydrogen-bond acceptors (Lipinski definition) is 5. The van der Waals surface area contributed by atoms with Crippen LogP contribution in [-0.2, 0) is 9.53 Å². The molecule has 0 radical (unpaired) electrons. The highest BCUT2D eigenvalue weighted by Gasteiger charge is 2.25. The summed E-state index contributed by atoms with van der Waals surface area (Å²) in [7, 11) is 1.63. The molecule has 3 rings (SSSR count). The Bertz CT molecular complexity index is 987. The maximum absolute atomic E-state index is 13.1. The van der Waals surface area contributed by atoms with Crippen molar-refractivity contribution < 1.29 is 18.7 Å². The number of thiazole rings is 1. The van der Waals surface area contributed by atoms with E-state index in [-0.39, 0.29) is 11.7 Å². The molecule has 1 aromatic heterocycles. The number of aromatic nitrogens is 1. The van der Waals surface area contributed by atoms with Crippen LogP contribution < -0.4 is 4.90 Å². The zero-order chi connectivity index (χ0) is 20.3. The van der Waals surface area contributed by atoms with Gasteiger partial charge in [0.25, 0.3) is 5.91 Å². The molecule has 0 aliphatic carbocycles. The highest BCUT2D eigenvalue weighted by atomic mass is 32.1. The van der Waals surface area contributed by atoms with Crippen molar-refractivity contribution in [1.82, 2.24) is 4.98 Å². The smallest absolute Gasteiger partial charge is 0.351 e. The normalized spacial score (nSPS) is 11.7. The van der Waals surface area contributed by atoms with Gasteiger partial charge in [0.05, 0.1) is 5.69 Å². The number of esters is 1. The summed E-state index contributed by atoms with van der Waals surface area (Å²) >= 11 is 1.15. The molecule has 0 aliphatic heterocycles. The van der Waals surface area contributed by atoms with Crippen LogP contribution in [0.3, 0.4) is 0 Å². The van der Waals surface area contributed by atoms with Gasteiger partial charge in [0, 0.05) is 18.3 Å². The first-order chi connectivity index (χ1) is 13.4. The number of anilines is 1. The van der Waals surface area contributed by atoms with Gasteiger partial charge in [0.15, 0.2) is 6.10 Å². The summed E-state index contributed by atoms with van der Waals surface area (Å²) in [6.45, 7) is 3.24. The molecule has 5 nitrogen and oxygen atoms in total. The minimum Gasteiger partial charge on any atom is -0.448 e. The summed E-state index contributed by atoms with van der Waals surface area (Å²) in [4.78, 5) is 31.2. The molecular weight excluding hydrogens is 379 g/mol. The standard InChI is InChI=1S/C21H19FN2O3S/c1-13-18(28-19(23-13)15-9-11-16(22)12-10-15)21(26)27-14(2)20(25)24(3)17-7-5-4-6-8-17/h4-12,14H,1-3H3/t14-/m1/s1. The number of nitrogens with zero attached hydrogens (tertiary/aromatic N) is 2. The number of hydrogen-bond donors (Lipinski definition) is 0. The van der Waals surface area contributed by atoms with Crippen LogP contribution in [0.25, 0.3) is 10.6 Å². The highest BCUT2D eigenvalue weighted by Crippen LogP contribution is 2.29. The average molecular weight is 398 g/mol. The number of halogens is 1. The Hall–Kier alpha value is -3.06. The third kappa shape index (κ3) is 4.26. The Morgan fingerprint density at radius 1 is 1.11 bits per heavy atom. The number of ether oxygens (including phenoxy) is 1. The van der Waals surface area contributed by atoms with Gasteiger partial charge in [0.1, 0.15) is 15.7 Å². The monoisotopic (exact) mass is 398 g/mol. The molecule has 0 saturated carbocycles. The molecule has 0 fully saturated rings. The van der Waals surface area contributed by atoms with E-state index < -0.39 is 12.1 Å². The summed E-state index contributed by atoms with van der Waals surface area (Å²) in [5.74, 6) is -1.28. The van der Waals surface area contributed by atoms with Gasteiger partial charge in [-0.15, -0.1) is 11.3 Å². The van der Waals surface area contributed by atoms with E-state index in [1.165, 1.54) is 24.0 Å². The lowest BCUT2D eigenvalue weighted by Crippen LogP contribution is -2.37. The molecule has 0 aliphatic rings. The van der Waals surface area contributed by atoms with Crippen molar-refractivity contribution in [2.45, 2.75) is 20.0 Å². The van der Waals surface area contributed by atoms with Crippen LogP contribution in [0.5, 0.6) is 0 Å². The van der Waals surface area contributed by atoms with Crippen molar-refractivity contribution in [1.29, 1.82) is 0 Å². The number of para-hydroxylation sites is 1. The van der Waals surface area contributed by atoms with Crippen LogP contribution in [0, 0.1) is 12.7 Å². The molecule has 0 unspecified atom stereocenters. The van der Waals surface area contributed by atoms with Crippen LogP contribution in [0.4, 0.5) is 10.1 Å². The van der Waals surface area contributed by atoms with Crippen LogP contribution in [-0.4, -0.2) is 30.0 Å². The number of carbonyl (C=O) groups excluding carboxylic acids is 2. The topological polar surface area (TPSA) is 59.5 Å². The van der Waals surface area contributed by atoms with Crippen LogP contribution in [0.1, 0.15) is 22.3 Å². The minimum absolute atomic E-state index is 0.321. The molecule has 0 spiro atoms. The molecule has 28 heavy (non-hydrogen) atoms. The van der Waals surface area contributed by atoms with Crippen molar-refractivity contribution in [3.05, 3.63) is 71.0 Å². The summed E-state index contributed by atoms with van der Waals surface area (Å²) < 4.78 is 18.5. The van der Waals surface area contributed by atoms with Gasteiger partial charge >= 0.3 is 5.97 Å². The van der Waals surface area contributed by atoms with Crippen molar-refractivity contribution in [2.75, 3.05) is 11.9 Å². The number of carbonyl (C=O) groups is 2. The lowest BCUT2D eigenvalue weighted by molar-refractivity contribution is -0.126. The molecule has 1 atom stereocenters. The van der Waals surface area contributed by atoms with E-state index in [1.807, 2.05) is 18.2 Å². The van der Waals surface area contributed by atoms with Crippen molar-refractivity contribution in [3.63, 3.8) is 0 Å². The van der Waals surface area contributed by atoms with Crippen molar-refractivity contribution >= 4 is 28.9 Å². The first kappa shape index (κ1) is 19.7. The van der Waals surface area contributed by atoms with E-state index >= 15 is 0 Å². The molecule has 7 heteroatoms. The average Bonchev–Trinajstić information content (AvgIpc) is 3.09. The molecule has 1 amide bonds. The van der Waals surface area contributed by atoms with Crippen molar-refractivity contribution in [2.24, 2.45) is 0 Å². The summed E-state index contributed by atoms with van der Waals surface area (Å²) in [6, 6.07) is 15.0. The zero-order valence-corrected chi connectivity index (χ0v) is 16.5. The molecule has 0 bridgehead atoms. The third-order valence-electron chi connectivity index (χ3n) is 4.18. The van der Waals surface area contributed by atoms with Gasteiger partial charge < -0.3 is 9.64 Å². The number of likely N-dealkylation sites (N-methyl/N-ethyl adjacent to an activating group) is 1. The molecule has 2 aromatic carbocycles. The summed E-state index contributed by atoms with van der Waals surface area (Å²) in [5.41, 5.74) is 1.93. The lowest BCUT2D eigenvalue weighted by atomic mass is 10.2. The molecular formula is C21H19FN2O3S. The van der Waals surface area contributed by atoms with Crippen LogP contribution in [0.2, 0.25) is 0 Å². The van der Waals surface area contributed by atoms with Gasteiger partial charge in [-0.2, -0.15) is 0 Å². The first-order valence-electron chi connectivity index (χ1n) is 8.64. The minimum atomic E-state index is -0.950. The van der Waals surface area contributed by atoms with Gasteiger partial charge in [-0.1, -0.05) is 18.2 Å². The number of amides is 1. The predicted octanol–water partition coefficient (Wildman–Crippen LogP) is 4.47. The summed E-state index contributed by atoms with van der Waals surface area (Å²) in [6.07, 6.45) is -0.950. The number of rotatable bonds is 5. The predicted molar refractivity (Wildman–Crippen MR) is 107 cm³/mol. The Balaban J connectivity index is 1.72. The van der Waals surface area contributed by atoms with E-state index in [0.29, 0.717) is 26.8 Å². The maximum Gasteiger partial charge on any atom is 0.351 e. The maximum atomic E-state index is 13.1. The van der Waals surface area contributed by atoms with E-state index in [9.17, 15) is 14.0 Å². The molecule has 0 saturated heterocycles. The van der Waals surface area contributed by atoms with Crippen LogP contribution >= 0.6 is 11.3 Å². The fourth-order valence-corrected chi connectivity index (χ4v) is 3.57. The van der Waals surface area contributed by atoms with E-state index in [1.54, 1.807) is 38.2 Å². The van der Waals surface area contributed by atoms with Gasteiger partial charge in [0.2, 0.25) is 0 Å². The SMILES string of the molecule is Cc1nc(-c2ccc(F)cc2)sc1C(=O)O[C@H](C)C(=O)N(C)c1ccccc1. The molecule has 0 N–H and O–H groups in total. The largest absolute Gasteiger partial charge is 0.448 e. The Kier molecular flexibility index (Phi) is 5.84. The third-order valence-corrected chi connectivity index (χ3v) is 5.37. The fourth-order valence-electron chi connectivity index (χ4n) is 2.62. The fraction of sp³-hybridized carbons (Fsp3) is 0.190. The first-order valence-corrected chi connectivity index (χ1v) is 9.45. The Morgan fingerprint density at radius 2 is 1.75 bits per heavy atom. The molecule has 144 valence electrons.